The third-order valence-corrected chi connectivity index (χ3v) is 4.63. The van der Waals surface area contributed by atoms with Gasteiger partial charge in [-0.25, -0.2) is 10.9 Å². The normalized spacial score (nSPS) is 18.8. The molecular formula is C19H21N7O2. The number of carbonyl (C=O) groups excluding carboxylic acids is 1. The Labute approximate surface area is 161 Å². The Bertz CT molecular complexity index is 927. The third kappa shape index (κ3) is 4.16. The Balaban J connectivity index is 1.33. The molecule has 1 amide bonds. The molecule has 144 valence electrons. The van der Waals surface area contributed by atoms with Gasteiger partial charge in [-0.2, -0.15) is 4.98 Å². The van der Waals surface area contributed by atoms with Crippen LogP contribution in [0, 0.1) is 0 Å². The number of carbonyl (C=O) groups is 1. The predicted octanol–water partition coefficient (Wildman–Crippen LogP) is 1.35. The number of hydrazine groups is 1. The summed E-state index contributed by atoms with van der Waals surface area (Å²) in [6.07, 6.45) is 4.68. The smallest absolute Gasteiger partial charge is 0.248 e. The summed E-state index contributed by atoms with van der Waals surface area (Å²) >= 11 is 0. The Morgan fingerprint density at radius 2 is 1.96 bits per heavy atom. The molecule has 0 bridgehead atoms. The zero-order valence-corrected chi connectivity index (χ0v) is 15.3. The monoisotopic (exact) mass is 379 g/mol. The number of nitrogens with zero attached hydrogens (tertiary/aromatic N) is 3. The maximum atomic E-state index is 12.5. The third-order valence-electron chi connectivity index (χ3n) is 4.63. The van der Waals surface area contributed by atoms with Gasteiger partial charge < -0.3 is 4.74 Å². The first kappa shape index (κ1) is 18.1. The Kier molecular flexibility index (Phi) is 5.27. The average Bonchev–Trinajstić information content (AvgIpc) is 3.39. The van der Waals surface area contributed by atoms with Gasteiger partial charge in [0, 0.05) is 24.9 Å². The van der Waals surface area contributed by atoms with E-state index in [-0.39, 0.29) is 23.9 Å². The minimum atomic E-state index is -0.373. The van der Waals surface area contributed by atoms with E-state index in [0.717, 1.165) is 16.9 Å². The number of hydrogen-bond donors (Lipinski definition) is 4. The van der Waals surface area contributed by atoms with Crippen molar-refractivity contribution in [3.63, 3.8) is 0 Å². The summed E-state index contributed by atoms with van der Waals surface area (Å²) in [5, 5.41) is 9.70. The minimum Gasteiger partial charge on any atom is -0.497 e. The fourth-order valence-corrected chi connectivity index (χ4v) is 3.11. The van der Waals surface area contributed by atoms with Crippen molar-refractivity contribution in [3.05, 3.63) is 65.7 Å². The predicted molar refractivity (Wildman–Crippen MR) is 102 cm³/mol. The molecule has 2 unspecified atom stereocenters. The van der Waals surface area contributed by atoms with E-state index in [9.17, 15) is 4.79 Å². The summed E-state index contributed by atoms with van der Waals surface area (Å²) in [5.41, 5.74) is 8.31. The van der Waals surface area contributed by atoms with Gasteiger partial charge in [0.15, 0.2) is 0 Å². The Morgan fingerprint density at radius 1 is 1.18 bits per heavy atom. The molecule has 1 aliphatic heterocycles. The SMILES string of the molecule is COc1ccc(Cc2nc(NC(=O)C3CC(c4ccncc4)NN3)n[nH]2)cc1. The number of hydrogen-bond acceptors (Lipinski definition) is 7. The molecule has 0 spiro atoms. The van der Waals surface area contributed by atoms with Crippen molar-refractivity contribution in [3.8, 4) is 5.75 Å². The van der Waals surface area contributed by atoms with Gasteiger partial charge in [0.2, 0.25) is 11.9 Å². The number of ether oxygens (including phenoxy) is 1. The second-order valence-electron chi connectivity index (χ2n) is 6.53. The second-order valence-corrected chi connectivity index (χ2v) is 6.53. The van der Waals surface area contributed by atoms with Crippen LogP contribution in [0.1, 0.15) is 29.4 Å². The van der Waals surface area contributed by atoms with Crippen LogP contribution in [0.15, 0.2) is 48.8 Å². The summed E-state index contributed by atoms with van der Waals surface area (Å²) in [6, 6.07) is 11.3. The second kappa shape index (κ2) is 8.15. The molecule has 4 rings (SSSR count). The van der Waals surface area contributed by atoms with E-state index in [1.165, 1.54) is 0 Å². The molecule has 2 aromatic heterocycles. The fourth-order valence-electron chi connectivity index (χ4n) is 3.11. The first-order valence-electron chi connectivity index (χ1n) is 8.97. The van der Waals surface area contributed by atoms with E-state index in [0.29, 0.717) is 18.7 Å². The maximum absolute atomic E-state index is 12.5. The quantitative estimate of drug-likeness (QED) is 0.511. The zero-order valence-electron chi connectivity index (χ0n) is 15.3. The molecule has 1 aromatic carbocycles. The van der Waals surface area contributed by atoms with E-state index >= 15 is 0 Å². The number of aromatic amines is 1. The standard InChI is InChI=1S/C19H21N7O2/c1-28-14-4-2-12(3-5-14)10-17-21-19(26-25-17)22-18(27)16-11-15(23-24-16)13-6-8-20-9-7-13/h2-9,15-16,23-24H,10-11H2,1H3,(H2,21,22,25,26,27). The van der Waals surface area contributed by atoms with Crippen molar-refractivity contribution in [1.82, 2.24) is 31.0 Å². The van der Waals surface area contributed by atoms with Crippen LogP contribution in [-0.4, -0.2) is 39.2 Å². The van der Waals surface area contributed by atoms with Gasteiger partial charge in [-0.15, -0.1) is 5.10 Å². The highest BCUT2D eigenvalue weighted by atomic mass is 16.5. The van der Waals surface area contributed by atoms with Gasteiger partial charge in [0.1, 0.15) is 17.6 Å². The molecule has 3 aromatic rings. The van der Waals surface area contributed by atoms with Gasteiger partial charge in [-0.05, 0) is 41.8 Å². The van der Waals surface area contributed by atoms with Crippen LogP contribution in [0.3, 0.4) is 0 Å². The average molecular weight is 379 g/mol. The van der Waals surface area contributed by atoms with Crippen molar-refractivity contribution >= 4 is 11.9 Å². The maximum Gasteiger partial charge on any atom is 0.248 e. The number of rotatable bonds is 6. The number of amides is 1. The summed E-state index contributed by atoms with van der Waals surface area (Å²) in [6.45, 7) is 0. The summed E-state index contributed by atoms with van der Waals surface area (Å²) in [4.78, 5) is 20.9. The van der Waals surface area contributed by atoms with Crippen LogP contribution in [0.5, 0.6) is 5.75 Å². The summed E-state index contributed by atoms with van der Waals surface area (Å²) in [5.74, 6) is 1.56. The van der Waals surface area contributed by atoms with Crippen LogP contribution in [0.4, 0.5) is 5.95 Å². The lowest BCUT2D eigenvalue weighted by Gasteiger charge is -2.08. The molecule has 28 heavy (non-hydrogen) atoms. The highest BCUT2D eigenvalue weighted by Crippen LogP contribution is 2.22. The number of pyridine rings is 1. The van der Waals surface area contributed by atoms with Crippen LogP contribution in [0.25, 0.3) is 0 Å². The van der Waals surface area contributed by atoms with E-state index in [2.05, 4.69) is 36.3 Å². The Hall–Kier alpha value is -3.30. The molecule has 9 heteroatoms. The largest absolute Gasteiger partial charge is 0.497 e. The lowest BCUT2D eigenvalue weighted by molar-refractivity contribution is -0.117. The van der Waals surface area contributed by atoms with Gasteiger partial charge in [0.05, 0.1) is 7.11 Å². The van der Waals surface area contributed by atoms with Crippen molar-refractivity contribution < 1.29 is 9.53 Å². The molecule has 2 atom stereocenters. The summed E-state index contributed by atoms with van der Waals surface area (Å²) in [7, 11) is 1.63. The van der Waals surface area contributed by atoms with E-state index < -0.39 is 0 Å². The molecule has 0 radical (unpaired) electrons. The minimum absolute atomic E-state index is 0.0523. The van der Waals surface area contributed by atoms with Crippen LogP contribution >= 0.6 is 0 Å². The van der Waals surface area contributed by atoms with Crippen molar-refractivity contribution in [2.75, 3.05) is 12.4 Å². The number of nitrogens with one attached hydrogen (secondary N) is 4. The number of H-pyrrole nitrogens is 1. The molecular weight excluding hydrogens is 358 g/mol. The first-order chi connectivity index (χ1) is 13.7. The number of aromatic nitrogens is 4. The van der Waals surface area contributed by atoms with Crippen molar-refractivity contribution in [2.24, 2.45) is 0 Å². The van der Waals surface area contributed by atoms with Crippen LogP contribution in [0.2, 0.25) is 0 Å². The summed E-state index contributed by atoms with van der Waals surface area (Å²) < 4.78 is 5.15. The van der Waals surface area contributed by atoms with Crippen LogP contribution < -0.4 is 20.9 Å². The molecule has 4 N–H and O–H groups in total. The fraction of sp³-hybridized carbons (Fsp3) is 0.263. The Morgan fingerprint density at radius 3 is 2.71 bits per heavy atom. The molecule has 1 saturated heterocycles. The first-order valence-corrected chi connectivity index (χ1v) is 8.97. The van der Waals surface area contributed by atoms with E-state index in [4.69, 9.17) is 4.74 Å². The highest BCUT2D eigenvalue weighted by Gasteiger charge is 2.30. The van der Waals surface area contributed by atoms with E-state index in [1.54, 1.807) is 19.5 Å². The van der Waals surface area contributed by atoms with Gasteiger partial charge in [0.25, 0.3) is 0 Å². The van der Waals surface area contributed by atoms with Crippen LogP contribution in [-0.2, 0) is 11.2 Å². The lowest BCUT2D eigenvalue weighted by Crippen LogP contribution is -2.39. The molecule has 0 saturated carbocycles. The van der Waals surface area contributed by atoms with E-state index in [1.807, 2.05) is 36.4 Å². The van der Waals surface area contributed by atoms with Gasteiger partial charge >= 0.3 is 0 Å². The molecule has 0 aliphatic carbocycles. The number of anilines is 1. The number of benzene rings is 1. The van der Waals surface area contributed by atoms with Gasteiger partial charge in [-0.3, -0.25) is 20.2 Å². The highest BCUT2D eigenvalue weighted by molar-refractivity contribution is 5.93. The molecule has 9 nitrogen and oxygen atoms in total. The van der Waals surface area contributed by atoms with Gasteiger partial charge in [-0.1, -0.05) is 12.1 Å². The lowest BCUT2D eigenvalue weighted by atomic mass is 10.0. The van der Waals surface area contributed by atoms with Crippen molar-refractivity contribution in [1.29, 1.82) is 0 Å². The zero-order chi connectivity index (χ0) is 19.3. The number of methoxy groups -OCH3 is 1. The molecule has 3 heterocycles. The van der Waals surface area contributed by atoms with Crippen molar-refractivity contribution in [2.45, 2.75) is 24.9 Å². The molecule has 1 fully saturated rings. The topological polar surface area (TPSA) is 117 Å². The molecule has 1 aliphatic rings.